The van der Waals surface area contributed by atoms with E-state index in [1.165, 1.54) is 11.3 Å². The summed E-state index contributed by atoms with van der Waals surface area (Å²) in [5.74, 6) is -0.279. The van der Waals surface area contributed by atoms with Gasteiger partial charge in [0.1, 0.15) is 0 Å². The molecule has 0 fully saturated rings. The van der Waals surface area contributed by atoms with Crippen molar-refractivity contribution in [1.29, 1.82) is 5.41 Å². The molecule has 5 nitrogen and oxygen atoms in total. The smallest absolute Gasteiger partial charge is 0.264 e. The maximum absolute atomic E-state index is 10.7. The molecule has 0 aliphatic heterocycles. The SMILES string of the molecule is N=c1scc(-c2cccs2)n1CCCS(=O)(=O)O. The van der Waals surface area contributed by atoms with E-state index in [4.69, 9.17) is 9.96 Å². The van der Waals surface area contributed by atoms with E-state index in [9.17, 15) is 8.42 Å². The van der Waals surface area contributed by atoms with Crippen LogP contribution in [0, 0.1) is 5.41 Å². The number of rotatable bonds is 5. The Morgan fingerprint density at radius 1 is 1.39 bits per heavy atom. The standard InChI is InChI=1S/C10H12N2O3S3/c11-10-12(4-2-6-18(13,14)15)8(7-17-10)9-3-1-5-16-9/h1,3,5,7,11H,2,4,6H2,(H,13,14,15). The molecule has 0 bridgehead atoms. The first-order valence-electron chi connectivity index (χ1n) is 5.19. The molecule has 2 aromatic rings. The molecule has 0 saturated carbocycles. The third-order valence-corrected chi connectivity index (χ3v) is 4.86. The zero-order chi connectivity index (χ0) is 13.2. The Hall–Kier alpha value is -0.960. The second kappa shape index (κ2) is 5.35. The minimum absolute atomic E-state index is 0.279. The Morgan fingerprint density at radius 3 is 2.78 bits per heavy atom. The van der Waals surface area contributed by atoms with Gasteiger partial charge >= 0.3 is 0 Å². The molecule has 18 heavy (non-hydrogen) atoms. The first-order valence-corrected chi connectivity index (χ1v) is 8.56. The molecule has 0 amide bonds. The fourth-order valence-corrected chi connectivity index (χ4v) is 3.70. The summed E-state index contributed by atoms with van der Waals surface area (Å²) in [4.78, 5) is 1.44. The lowest BCUT2D eigenvalue weighted by Crippen LogP contribution is -2.16. The number of nitrogens with one attached hydrogen (secondary N) is 1. The van der Waals surface area contributed by atoms with Gasteiger partial charge in [-0.3, -0.25) is 9.96 Å². The Morgan fingerprint density at radius 2 is 2.17 bits per heavy atom. The zero-order valence-electron chi connectivity index (χ0n) is 9.37. The molecule has 2 heterocycles. The molecule has 0 atom stereocenters. The molecule has 0 aliphatic carbocycles. The van der Waals surface area contributed by atoms with Gasteiger partial charge < -0.3 is 4.57 Å². The number of thiophene rings is 1. The van der Waals surface area contributed by atoms with Gasteiger partial charge in [0.15, 0.2) is 4.80 Å². The summed E-state index contributed by atoms with van der Waals surface area (Å²) in [6.45, 7) is 0.412. The molecule has 0 aromatic carbocycles. The van der Waals surface area contributed by atoms with Crippen molar-refractivity contribution in [3.63, 3.8) is 0 Å². The van der Waals surface area contributed by atoms with E-state index in [2.05, 4.69) is 0 Å². The van der Waals surface area contributed by atoms with Crippen molar-refractivity contribution in [2.45, 2.75) is 13.0 Å². The topological polar surface area (TPSA) is 83.2 Å². The summed E-state index contributed by atoms with van der Waals surface area (Å²) in [6, 6.07) is 3.90. The van der Waals surface area contributed by atoms with Crippen LogP contribution < -0.4 is 4.80 Å². The summed E-state index contributed by atoms with van der Waals surface area (Å²) < 4.78 is 31.8. The molecular weight excluding hydrogens is 292 g/mol. The molecule has 0 radical (unpaired) electrons. The van der Waals surface area contributed by atoms with Crippen LogP contribution in [0.3, 0.4) is 0 Å². The average molecular weight is 304 g/mol. The quantitative estimate of drug-likeness (QED) is 0.829. The summed E-state index contributed by atoms with van der Waals surface area (Å²) >= 11 is 2.89. The highest BCUT2D eigenvalue weighted by Gasteiger charge is 2.10. The third kappa shape index (κ3) is 3.29. The Kier molecular flexibility index (Phi) is 4.00. The fourth-order valence-electron chi connectivity index (χ4n) is 1.59. The molecule has 0 aliphatic rings. The largest absolute Gasteiger partial charge is 0.316 e. The van der Waals surface area contributed by atoms with Crippen molar-refractivity contribution < 1.29 is 13.0 Å². The van der Waals surface area contributed by atoms with Crippen LogP contribution in [0.4, 0.5) is 0 Å². The molecule has 98 valence electrons. The van der Waals surface area contributed by atoms with Crippen LogP contribution in [0.5, 0.6) is 0 Å². The highest BCUT2D eigenvalue weighted by molar-refractivity contribution is 7.85. The summed E-state index contributed by atoms with van der Waals surface area (Å²) in [5, 5.41) is 11.7. The lowest BCUT2D eigenvalue weighted by Gasteiger charge is -2.06. The number of aromatic nitrogens is 1. The molecule has 0 spiro atoms. The molecule has 2 aromatic heterocycles. The van der Waals surface area contributed by atoms with Gasteiger partial charge in [-0.1, -0.05) is 6.07 Å². The number of hydrogen-bond donors (Lipinski definition) is 2. The Balaban J connectivity index is 2.18. The van der Waals surface area contributed by atoms with Crippen LogP contribution in [0.25, 0.3) is 10.6 Å². The Bertz CT molecular complexity index is 668. The van der Waals surface area contributed by atoms with Crippen LogP contribution >= 0.6 is 22.7 Å². The van der Waals surface area contributed by atoms with Crippen LogP contribution in [-0.2, 0) is 16.7 Å². The van der Waals surface area contributed by atoms with Crippen molar-refractivity contribution >= 4 is 32.8 Å². The minimum Gasteiger partial charge on any atom is -0.316 e. The van der Waals surface area contributed by atoms with E-state index < -0.39 is 10.1 Å². The zero-order valence-corrected chi connectivity index (χ0v) is 11.8. The average Bonchev–Trinajstić information content (AvgIpc) is 2.87. The third-order valence-electron chi connectivity index (χ3n) is 2.38. The molecule has 0 saturated heterocycles. The van der Waals surface area contributed by atoms with Crippen LogP contribution in [0.2, 0.25) is 0 Å². The molecule has 2 rings (SSSR count). The Labute approximate surface area is 113 Å². The minimum atomic E-state index is -3.93. The molecule has 0 unspecified atom stereocenters. The van der Waals surface area contributed by atoms with E-state index in [0.29, 0.717) is 17.8 Å². The van der Waals surface area contributed by atoms with Gasteiger partial charge in [0.25, 0.3) is 10.1 Å². The lowest BCUT2D eigenvalue weighted by atomic mass is 10.3. The highest BCUT2D eigenvalue weighted by atomic mass is 32.2. The second-order valence-electron chi connectivity index (χ2n) is 3.69. The number of hydrogen-bond acceptors (Lipinski definition) is 5. The van der Waals surface area contributed by atoms with Gasteiger partial charge in [-0.25, -0.2) is 0 Å². The maximum Gasteiger partial charge on any atom is 0.264 e. The fraction of sp³-hybridized carbons (Fsp3) is 0.300. The predicted molar refractivity (Wildman–Crippen MR) is 72.5 cm³/mol. The summed E-state index contributed by atoms with van der Waals surface area (Å²) in [7, 11) is -3.93. The van der Waals surface area contributed by atoms with Gasteiger partial charge in [0, 0.05) is 11.9 Å². The van der Waals surface area contributed by atoms with Crippen LogP contribution in [0.1, 0.15) is 6.42 Å². The molecule has 2 N–H and O–H groups in total. The first-order chi connectivity index (χ1) is 8.47. The van der Waals surface area contributed by atoms with E-state index in [1.807, 2.05) is 22.9 Å². The van der Waals surface area contributed by atoms with Crippen molar-refractivity contribution in [3.8, 4) is 10.6 Å². The van der Waals surface area contributed by atoms with Gasteiger partial charge in [0.05, 0.1) is 16.3 Å². The highest BCUT2D eigenvalue weighted by Crippen LogP contribution is 2.25. The number of nitrogens with zero attached hydrogens (tertiary/aromatic N) is 1. The van der Waals surface area contributed by atoms with Gasteiger partial charge in [-0.05, 0) is 17.9 Å². The van der Waals surface area contributed by atoms with E-state index in [1.54, 1.807) is 15.9 Å². The summed E-state index contributed by atoms with van der Waals surface area (Å²) in [6.07, 6.45) is 0.296. The lowest BCUT2D eigenvalue weighted by molar-refractivity contribution is 0.478. The van der Waals surface area contributed by atoms with E-state index in [-0.39, 0.29) is 5.75 Å². The van der Waals surface area contributed by atoms with Gasteiger partial charge in [0.2, 0.25) is 0 Å². The van der Waals surface area contributed by atoms with Crippen molar-refractivity contribution in [2.75, 3.05) is 5.75 Å². The van der Waals surface area contributed by atoms with Crippen LogP contribution in [-0.4, -0.2) is 23.3 Å². The normalized spacial score (nSPS) is 11.8. The maximum atomic E-state index is 10.7. The second-order valence-corrected chi connectivity index (χ2v) is 7.07. The van der Waals surface area contributed by atoms with Crippen molar-refractivity contribution in [2.24, 2.45) is 0 Å². The van der Waals surface area contributed by atoms with Gasteiger partial charge in [-0.15, -0.1) is 22.7 Å². The number of thiazole rings is 1. The first kappa shape index (κ1) is 13.5. The van der Waals surface area contributed by atoms with Crippen LogP contribution in [0.15, 0.2) is 22.9 Å². The van der Waals surface area contributed by atoms with Gasteiger partial charge in [-0.2, -0.15) is 8.42 Å². The van der Waals surface area contributed by atoms with E-state index >= 15 is 0 Å². The van der Waals surface area contributed by atoms with Crippen molar-refractivity contribution in [1.82, 2.24) is 4.57 Å². The predicted octanol–water partition coefficient (Wildman–Crippen LogP) is 2.04. The van der Waals surface area contributed by atoms with E-state index in [0.717, 1.165) is 10.6 Å². The molecule has 8 heteroatoms. The van der Waals surface area contributed by atoms with Crippen molar-refractivity contribution in [3.05, 3.63) is 27.7 Å². The molecular formula is C10H12N2O3S3. The summed E-state index contributed by atoms with van der Waals surface area (Å²) in [5.41, 5.74) is 0.926. The monoisotopic (exact) mass is 304 g/mol.